The van der Waals surface area contributed by atoms with Crippen LogP contribution in [-0.2, 0) is 4.79 Å². The van der Waals surface area contributed by atoms with Crippen molar-refractivity contribution in [3.05, 3.63) is 151 Å². The molecule has 42 heavy (non-hydrogen) atoms. The lowest BCUT2D eigenvalue weighted by Gasteiger charge is -2.33. The van der Waals surface area contributed by atoms with Gasteiger partial charge in [0.2, 0.25) is 0 Å². The molecule has 0 atom stereocenters. The number of rotatable bonds is 7. The highest BCUT2D eigenvalue weighted by atomic mass is 32.2. The van der Waals surface area contributed by atoms with Crippen LogP contribution in [0.3, 0.4) is 0 Å². The Hall–Kier alpha value is -5.00. The summed E-state index contributed by atoms with van der Waals surface area (Å²) in [6, 6.07) is 39.5. The summed E-state index contributed by atoms with van der Waals surface area (Å²) in [6.45, 7) is 12.2. The molecule has 206 valence electrons. The van der Waals surface area contributed by atoms with E-state index < -0.39 is 5.97 Å². The number of esters is 1. The second-order valence-electron chi connectivity index (χ2n) is 10.2. The number of carbonyl (C=O) groups excluding carboxylic acids is 1. The molecule has 0 fully saturated rings. The molecule has 5 aromatic carbocycles. The molecule has 5 aromatic rings. The van der Waals surface area contributed by atoms with E-state index in [0.717, 1.165) is 49.5 Å². The first-order chi connectivity index (χ1) is 20.4. The van der Waals surface area contributed by atoms with Crippen LogP contribution >= 0.6 is 11.8 Å². The first-order valence-electron chi connectivity index (χ1n) is 13.7. The Labute approximate surface area is 251 Å². The number of nitrogens with zero attached hydrogens (tertiary/aromatic N) is 2. The Kier molecular flexibility index (Phi) is 7.43. The maximum Gasteiger partial charge on any atom is 0.335 e. The number of carbonyl (C=O) groups is 1. The van der Waals surface area contributed by atoms with Gasteiger partial charge in [-0.05, 0) is 80.1 Å². The molecular formula is C37H30N2O2S. The lowest BCUT2D eigenvalue weighted by atomic mass is 10.1. The van der Waals surface area contributed by atoms with Crippen molar-refractivity contribution in [1.82, 2.24) is 0 Å². The topological polar surface area (TPSA) is 32.8 Å². The monoisotopic (exact) mass is 566 g/mol. The zero-order chi connectivity index (χ0) is 29.2. The van der Waals surface area contributed by atoms with E-state index in [9.17, 15) is 4.79 Å². The molecule has 0 saturated heterocycles. The predicted molar refractivity (Wildman–Crippen MR) is 175 cm³/mol. The molecule has 1 heterocycles. The Bertz CT molecular complexity index is 1750. The quantitative estimate of drug-likeness (QED) is 0.109. The average molecular weight is 567 g/mol. The Morgan fingerprint density at radius 2 is 1.36 bits per heavy atom. The normalized spacial score (nSPS) is 11.7. The van der Waals surface area contributed by atoms with Gasteiger partial charge in [0.05, 0.1) is 11.4 Å². The predicted octanol–water partition coefficient (Wildman–Crippen LogP) is 10.1. The molecule has 4 nitrogen and oxygen atoms in total. The molecular weight excluding hydrogens is 536 g/mol. The fraction of sp³-hybridized carbons (Fsp3) is 0.0541. The highest BCUT2D eigenvalue weighted by Crippen LogP contribution is 2.52. The molecule has 0 aliphatic carbocycles. The molecule has 0 unspecified atom stereocenters. The number of fused-ring (bicyclic) bond motifs is 2. The van der Waals surface area contributed by atoms with Gasteiger partial charge in [-0.1, -0.05) is 84.6 Å². The van der Waals surface area contributed by atoms with Crippen molar-refractivity contribution in [2.24, 2.45) is 0 Å². The molecule has 0 saturated carbocycles. The molecule has 0 radical (unpaired) electrons. The molecule has 1 aliphatic heterocycles. The Morgan fingerprint density at radius 3 is 1.98 bits per heavy atom. The number of hydrogen-bond donors (Lipinski definition) is 0. The summed E-state index contributed by atoms with van der Waals surface area (Å²) in [5, 5.41) is 0. The lowest BCUT2D eigenvalue weighted by Crippen LogP contribution is -2.16. The smallest absolute Gasteiger partial charge is 0.335 e. The molecule has 0 aromatic heterocycles. The lowest BCUT2D eigenvalue weighted by molar-refractivity contribution is -0.128. The molecule has 0 bridgehead atoms. The van der Waals surface area contributed by atoms with Gasteiger partial charge in [-0.15, -0.1) is 0 Å². The Morgan fingerprint density at radius 1 is 0.762 bits per heavy atom. The third-order valence-electron chi connectivity index (χ3n) is 7.20. The first-order valence-corrected chi connectivity index (χ1v) is 14.5. The van der Waals surface area contributed by atoms with Gasteiger partial charge < -0.3 is 14.5 Å². The van der Waals surface area contributed by atoms with Crippen molar-refractivity contribution in [3.63, 3.8) is 0 Å². The van der Waals surface area contributed by atoms with Crippen LogP contribution in [0.25, 0.3) is 5.70 Å². The standard InChI is InChI=1S/C37H30N2O2S/c1-5-37(40)41-32-22-23-36-34(24-32)39(33-8-6-7-9-35(33)42-36)31-20-14-28(15-21-31)27(4)38(29-16-10-25(2)11-17-29)30-18-12-26(3)13-19-30/h5-24H,1,4H2,2-3H3. The van der Waals surface area contributed by atoms with E-state index >= 15 is 0 Å². The van der Waals surface area contributed by atoms with Gasteiger partial charge >= 0.3 is 5.97 Å². The van der Waals surface area contributed by atoms with Crippen LogP contribution in [0, 0.1) is 13.8 Å². The van der Waals surface area contributed by atoms with Gasteiger partial charge in [-0.2, -0.15) is 0 Å². The molecule has 6 rings (SSSR count). The van der Waals surface area contributed by atoms with E-state index in [1.165, 1.54) is 17.2 Å². The summed E-state index contributed by atoms with van der Waals surface area (Å²) in [6.07, 6.45) is 1.17. The SMILES string of the molecule is C=CC(=O)Oc1ccc2c(c1)N(c1ccc(C(=C)N(c3ccc(C)cc3)c3ccc(C)cc3)cc1)c1ccccc1S2. The maximum atomic E-state index is 11.9. The molecule has 1 aliphatic rings. The summed E-state index contributed by atoms with van der Waals surface area (Å²) in [5.41, 5.74) is 9.41. The van der Waals surface area contributed by atoms with Gasteiger partial charge in [0.1, 0.15) is 5.75 Å². The van der Waals surface area contributed by atoms with Crippen LogP contribution in [-0.4, -0.2) is 5.97 Å². The molecule has 5 heteroatoms. The third-order valence-corrected chi connectivity index (χ3v) is 8.33. The van der Waals surface area contributed by atoms with Crippen molar-refractivity contribution in [2.75, 3.05) is 9.80 Å². The van der Waals surface area contributed by atoms with Crippen LogP contribution in [0.2, 0.25) is 0 Å². The van der Waals surface area contributed by atoms with Gasteiger partial charge in [-0.25, -0.2) is 4.79 Å². The average Bonchev–Trinajstić information content (AvgIpc) is 3.02. The molecule has 0 spiro atoms. The second kappa shape index (κ2) is 11.5. The fourth-order valence-corrected chi connectivity index (χ4v) is 6.05. The van der Waals surface area contributed by atoms with Crippen molar-refractivity contribution in [1.29, 1.82) is 0 Å². The van der Waals surface area contributed by atoms with Crippen molar-refractivity contribution in [3.8, 4) is 5.75 Å². The van der Waals surface area contributed by atoms with E-state index in [-0.39, 0.29) is 0 Å². The number of aryl methyl sites for hydroxylation is 2. The summed E-state index contributed by atoms with van der Waals surface area (Å²) >= 11 is 1.70. The van der Waals surface area contributed by atoms with Gasteiger partial charge in [0.15, 0.2) is 0 Å². The summed E-state index contributed by atoms with van der Waals surface area (Å²) in [7, 11) is 0. The number of benzene rings is 5. The Balaban J connectivity index is 1.39. The zero-order valence-corrected chi connectivity index (χ0v) is 24.4. The number of anilines is 5. The van der Waals surface area contributed by atoms with E-state index in [1.54, 1.807) is 11.8 Å². The summed E-state index contributed by atoms with van der Waals surface area (Å²) in [5.74, 6) is -0.0135. The van der Waals surface area contributed by atoms with E-state index in [1.807, 2.05) is 30.3 Å². The molecule has 0 N–H and O–H groups in total. The number of ether oxygens (including phenoxy) is 1. The summed E-state index contributed by atoms with van der Waals surface area (Å²) in [4.78, 5) is 18.5. The highest BCUT2D eigenvalue weighted by Gasteiger charge is 2.26. The van der Waals surface area contributed by atoms with Crippen LogP contribution in [0.4, 0.5) is 28.4 Å². The van der Waals surface area contributed by atoms with Crippen molar-refractivity contribution < 1.29 is 9.53 Å². The minimum absolute atomic E-state index is 0.473. The van der Waals surface area contributed by atoms with Crippen molar-refractivity contribution in [2.45, 2.75) is 23.6 Å². The van der Waals surface area contributed by atoms with E-state index in [4.69, 9.17) is 4.74 Å². The van der Waals surface area contributed by atoms with Crippen LogP contribution in [0.5, 0.6) is 5.75 Å². The zero-order valence-electron chi connectivity index (χ0n) is 23.6. The fourth-order valence-electron chi connectivity index (χ4n) is 5.01. The highest BCUT2D eigenvalue weighted by molar-refractivity contribution is 7.99. The second-order valence-corrected chi connectivity index (χ2v) is 11.2. The largest absolute Gasteiger partial charge is 0.423 e. The summed E-state index contributed by atoms with van der Waals surface area (Å²) < 4.78 is 5.47. The van der Waals surface area contributed by atoms with Gasteiger partial charge in [0.25, 0.3) is 0 Å². The first kappa shape index (κ1) is 27.2. The number of para-hydroxylation sites is 1. The minimum atomic E-state index is -0.486. The van der Waals surface area contributed by atoms with E-state index in [2.05, 4.69) is 122 Å². The minimum Gasteiger partial charge on any atom is -0.423 e. The van der Waals surface area contributed by atoms with Crippen LogP contribution in [0.15, 0.2) is 144 Å². The van der Waals surface area contributed by atoms with Crippen molar-refractivity contribution >= 4 is 51.9 Å². The van der Waals surface area contributed by atoms with Crippen LogP contribution < -0.4 is 14.5 Å². The number of hydrogen-bond acceptors (Lipinski definition) is 5. The third kappa shape index (κ3) is 5.35. The van der Waals surface area contributed by atoms with Gasteiger partial charge in [-0.3, -0.25) is 0 Å². The van der Waals surface area contributed by atoms with E-state index in [0.29, 0.717) is 5.75 Å². The maximum absolute atomic E-state index is 11.9. The molecule has 0 amide bonds. The van der Waals surface area contributed by atoms with Gasteiger partial charge in [0, 0.05) is 44.7 Å². The van der Waals surface area contributed by atoms with Crippen LogP contribution in [0.1, 0.15) is 16.7 Å².